The van der Waals surface area contributed by atoms with Gasteiger partial charge in [-0.05, 0) is 37.6 Å². The van der Waals surface area contributed by atoms with Crippen molar-refractivity contribution in [1.82, 2.24) is 5.32 Å². The van der Waals surface area contributed by atoms with Crippen LogP contribution in [0.2, 0.25) is 0 Å². The summed E-state index contributed by atoms with van der Waals surface area (Å²) in [7, 11) is 0. The molecule has 126 valence electrons. The number of nitrogens with one attached hydrogen (secondary N) is 2. The molecule has 0 spiro atoms. The maximum atomic E-state index is 12.3. The van der Waals surface area contributed by atoms with Crippen molar-refractivity contribution in [3.63, 3.8) is 0 Å². The Kier molecular flexibility index (Phi) is 5.98. The molecule has 2 aliphatic heterocycles. The third-order valence-corrected chi connectivity index (χ3v) is 4.12. The molecule has 0 saturated carbocycles. The number of rotatable bonds is 3. The quantitative estimate of drug-likeness (QED) is 0.876. The van der Waals surface area contributed by atoms with Crippen LogP contribution >= 0.6 is 12.4 Å². The van der Waals surface area contributed by atoms with Gasteiger partial charge in [-0.2, -0.15) is 0 Å². The molecule has 2 atom stereocenters. The second-order valence-electron chi connectivity index (χ2n) is 5.69. The molecule has 0 aromatic heterocycles. The second-order valence-corrected chi connectivity index (χ2v) is 5.69. The molecule has 0 unspecified atom stereocenters. The molecule has 0 radical (unpaired) electrons. The zero-order valence-corrected chi connectivity index (χ0v) is 13.9. The van der Waals surface area contributed by atoms with Crippen LogP contribution in [0, 0.1) is 0 Å². The van der Waals surface area contributed by atoms with E-state index in [0.717, 1.165) is 24.3 Å². The number of ether oxygens (including phenoxy) is 1. The molecule has 0 aliphatic carbocycles. The van der Waals surface area contributed by atoms with Crippen LogP contribution < -0.4 is 15.5 Å². The highest BCUT2D eigenvalue weighted by atomic mass is 35.5. The molecule has 2 fully saturated rings. The lowest BCUT2D eigenvalue weighted by atomic mass is 10.1. The standard InChI is InChI=1S/C16H21N3O3.ClH/c1-11-15(17-8-10-22-11)16(21)18-12-4-6-13(7-5-12)19-9-2-3-14(19)20;/h4-7,11,15,17H,2-3,8-10H2,1H3,(H,18,21);1H/t11-,15+;/m1./s1. The molecular weight excluding hydrogens is 318 g/mol. The third kappa shape index (κ3) is 4.02. The lowest BCUT2D eigenvalue weighted by molar-refractivity contribution is -0.123. The van der Waals surface area contributed by atoms with Gasteiger partial charge in [0, 0.05) is 30.9 Å². The molecule has 7 heteroatoms. The van der Waals surface area contributed by atoms with Gasteiger partial charge in [-0.15, -0.1) is 12.4 Å². The average molecular weight is 340 g/mol. The predicted octanol–water partition coefficient (Wildman–Crippen LogP) is 1.55. The number of halogens is 1. The van der Waals surface area contributed by atoms with E-state index >= 15 is 0 Å². The number of anilines is 2. The molecule has 2 heterocycles. The summed E-state index contributed by atoms with van der Waals surface area (Å²) < 4.78 is 5.48. The van der Waals surface area contributed by atoms with Gasteiger partial charge in [0.25, 0.3) is 0 Å². The van der Waals surface area contributed by atoms with Crippen LogP contribution in [0.5, 0.6) is 0 Å². The molecular formula is C16H22ClN3O3. The van der Waals surface area contributed by atoms with Gasteiger partial charge in [-0.3, -0.25) is 9.59 Å². The average Bonchev–Trinajstić information content (AvgIpc) is 2.94. The first kappa shape index (κ1) is 17.7. The number of morpholine rings is 1. The number of carbonyl (C=O) groups is 2. The summed E-state index contributed by atoms with van der Waals surface area (Å²) in [6.45, 7) is 3.96. The van der Waals surface area contributed by atoms with Gasteiger partial charge >= 0.3 is 0 Å². The molecule has 2 amide bonds. The first-order valence-electron chi connectivity index (χ1n) is 7.71. The van der Waals surface area contributed by atoms with Gasteiger partial charge in [0.2, 0.25) is 11.8 Å². The van der Waals surface area contributed by atoms with E-state index in [9.17, 15) is 9.59 Å². The first-order chi connectivity index (χ1) is 10.6. The first-order valence-corrected chi connectivity index (χ1v) is 7.71. The maximum Gasteiger partial charge on any atom is 0.244 e. The molecule has 23 heavy (non-hydrogen) atoms. The molecule has 1 aromatic carbocycles. The van der Waals surface area contributed by atoms with Crippen molar-refractivity contribution >= 4 is 35.6 Å². The Hall–Kier alpha value is -1.63. The minimum Gasteiger partial charge on any atom is -0.375 e. The topological polar surface area (TPSA) is 70.7 Å². The van der Waals surface area contributed by atoms with Crippen molar-refractivity contribution in [2.45, 2.75) is 31.9 Å². The van der Waals surface area contributed by atoms with E-state index in [-0.39, 0.29) is 36.4 Å². The van der Waals surface area contributed by atoms with E-state index in [1.54, 1.807) is 4.90 Å². The van der Waals surface area contributed by atoms with E-state index in [0.29, 0.717) is 19.6 Å². The number of benzene rings is 1. The van der Waals surface area contributed by atoms with E-state index in [4.69, 9.17) is 4.74 Å². The Morgan fingerprint density at radius 1 is 1.35 bits per heavy atom. The van der Waals surface area contributed by atoms with Gasteiger partial charge < -0.3 is 20.3 Å². The Morgan fingerprint density at radius 2 is 2.09 bits per heavy atom. The fraction of sp³-hybridized carbons (Fsp3) is 0.500. The van der Waals surface area contributed by atoms with Gasteiger partial charge in [0.1, 0.15) is 6.04 Å². The number of hydrogen-bond acceptors (Lipinski definition) is 4. The number of hydrogen-bond donors (Lipinski definition) is 2. The van der Waals surface area contributed by atoms with Crippen LogP contribution in [-0.2, 0) is 14.3 Å². The number of nitrogens with zero attached hydrogens (tertiary/aromatic N) is 1. The maximum absolute atomic E-state index is 12.3. The number of carbonyl (C=O) groups excluding carboxylic acids is 2. The van der Waals surface area contributed by atoms with E-state index in [1.165, 1.54) is 0 Å². The second kappa shape index (κ2) is 7.77. The third-order valence-electron chi connectivity index (χ3n) is 4.12. The fourth-order valence-electron chi connectivity index (χ4n) is 2.89. The van der Waals surface area contributed by atoms with Crippen LogP contribution in [0.15, 0.2) is 24.3 Å². The zero-order valence-electron chi connectivity index (χ0n) is 13.1. The summed E-state index contributed by atoms with van der Waals surface area (Å²) in [6.07, 6.45) is 1.38. The lowest BCUT2D eigenvalue weighted by Gasteiger charge is -2.29. The van der Waals surface area contributed by atoms with Gasteiger partial charge in [-0.25, -0.2) is 0 Å². The van der Waals surface area contributed by atoms with E-state index < -0.39 is 0 Å². The largest absolute Gasteiger partial charge is 0.375 e. The fourth-order valence-corrected chi connectivity index (χ4v) is 2.89. The lowest BCUT2D eigenvalue weighted by Crippen LogP contribution is -2.53. The summed E-state index contributed by atoms with van der Waals surface area (Å²) in [6, 6.07) is 7.05. The molecule has 2 N–H and O–H groups in total. The molecule has 2 saturated heterocycles. The van der Waals surface area contributed by atoms with Crippen LogP contribution in [0.3, 0.4) is 0 Å². The normalized spacial score (nSPS) is 24.2. The van der Waals surface area contributed by atoms with Crippen LogP contribution in [0.1, 0.15) is 19.8 Å². The predicted molar refractivity (Wildman–Crippen MR) is 91.1 cm³/mol. The summed E-state index contributed by atoms with van der Waals surface area (Å²) in [4.78, 5) is 25.7. The highest BCUT2D eigenvalue weighted by Gasteiger charge is 2.28. The number of amides is 2. The van der Waals surface area contributed by atoms with Crippen molar-refractivity contribution in [3.8, 4) is 0 Å². The van der Waals surface area contributed by atoms with Crippen LogP contribution in [0.25, 0.3) is 0 Å². The SMILES string of the molecule is C[C@H]1OCCN[C@@H]1C(=O)Nc1ccc(N2CCCC2=O)cc1.Cl. The van der Waals surface area contributed by atoms with Crippen molar-refractivity contribution in [1.29, 1.82) is 0 Å². The Balaban J connectivity index is 0.00000192. The minimum atomic E-state index is -0.339. The van der Waals surface area contributed by atoms with Gasteiger partial charge in [0.05, 0.1) is 12.7 Å². The van der Waals surface area contributed by atoms with Crippen molar-refractivity contribution in [3.05, 3.63) is 24.3 Å². The molecule has 3 rings (SSSR count). The molecule has 2 aliphatic rings. The molecule has 6 nitrogen and oxygen atoms in total. The van der Waals surface area contributed by atoms with Crippen LogP contribution in [0.4, 0.5) is 11.4 Å². The van der Waals surface area contributed by atoms with Gasteiger partial charge in [0.15, 0.2) is 0 Å². The highest BCUT2D eigenvalue weighted by molar-refractivity contribution is 5.97. The Morgan fingerprint density at radius 3 is 2.70 bits per heavy atom. The van der Waals surface area contributed by atoms with Crippen LogP contribution in [-0.4, -0.2) is 43.7 Å². The Labute approximate surface area is 142 Å². The summed E-state index contributed by atoms with van der Waals surface area (Å²) in [5, 5.41) is 6.05. The van der Waals surface area contributed by atoms with Crippen molar-refractivity contribution in [2.24, 2.45) is 0 Å². The monoisotopic (exact) mass is 339 g/mol. The molecule has 1 aromatic rings. The van der Waals surface area contributed by atoms with Crippen molar-refractivity contribution in [2.75, 3.05) is 29.9 Å². The molecule has 0 bridgehead atoms. The Bertz CT molecular complexity index is 564. The summed E-state index contributed by atoms with van der Waals surface area (Å²) >= 11 is 0. The zero-order chi connectivity index (χ0) is 15.5. The van der Waals surface area contributed by atoms with E-state index in [2.05, 4.69) is 10.6 Å². The van der Waals surface area contributed by atoms with Crippen molar-refractivity contribution < 1.29 is 14.3 Å². The van der Waals surface area contributed by atoms with E-state index in [1.807, 2.05) is 31.2 Å². The minimum absolute atomic E-state index is 0. The highest BCUT2D eigenvalue weighted by Crippen LogP contribution is 2.23. The van der Waals surface area contributed by atoms with Gasteiger partial charge in [-0.1, -0.05) is 0 Å². The summed E-state index contributed by atoms with van der Waals surface area (Å²) in [5.41, 5.74) is 1.60. The smallest absolute Gasteiger partial charge is 0.244 e. The summed E-state index contributed by atoms with van der Waals surface area (Å²) in [5.74, 6) is 0.0614.